The predicted molar refractivity (Wildman–Crippen MR) is 44.8 cm³/mol. The van der Waals surface area contributed by atoms with Crippen LogP contribution in [0, 0.1) is 0 Å². The van der Waals surface area contributed by atoms with Crippen molar-refractivity contribution in [2.75, 3.05) is 0 Å². The molecule has 0 N–H and O–H groups in total. The Bertz CT molecular complexity index is 225. The molecule has 4 heteroatoms. The van der Waals surface area contributed by atoms with E-state index in [0.717, 1.165) is 6.08 Å². The highest BCUT2D eigenvalue weighted by Crippen LogP contribution is 2.32. The number of rotatable bonds is 4. The molecule has 1 saturated heterocycles. The molecule has 1 rings (SSSR count). The number of halogens is 1. The van der Waals surface area contributed by atoms with Gasteiger partial charge < -0.3 is 9.47 Å². The van der Waals surface area contributed by atoms with Crippen LogP contribution in [-0.2, 0) is 14.3 Å². The maximum atomic E-state index is 12.3. The fourth-order valence-electron chi connectivity index (χ4n) is 1.10. The normalized spacial score (nSPS) is 26.7. The average Bonchev–Trinajstić information content (AvgIpc) is 2.63. The van der Waals surface area contributed by atoms with E-state index in [1.54, 1.807) is 13.8 Å². The first-order valence-corrected chi connectivity index (χ1v) is 4.09. The minimum absolute atomic E-state index is 0.369. The van der Waals surface area contributed by atoms with E-state index in [1.165, 1.54) is 0 Å². The van der Waals surface area contributed by atoms with Crippen molar-refractivity contribution in [1.29, 1.82) is 0 Å². The van der Waals surface area contributed by atoms with E-state index in [-0.39, 0.29) is 0 Å². The zero-order valence-corrected chi connectivity index (χ0v) is 7.75. The number of epoxide rings is 1. The third kappa shape index (κ3) is 3.14. The Hall–Kier alpha value is -0.900. The lowest BCUT2D eigenvalue weighted by atomic mass is 10.0. The molecular formula is C9H13FO3. The maximum absolute atomic E-state index is 12.3. The van der Waals surface area contributed by atoms with Crippen LogP contribution in [0.5, 0.6) is 0 Å². The van der Waals surface area contributed by atoms with Crippen molar-refractivity contribution < 1.29 is 18.7 Å². The highest BCUT2D eigenvalue weighted by Gasteiger charge is 2.44. The molecule has 3 nitrogen and oxygen atoms in total. The summed E-state index contributed by atoms with van der Waals surface area (Å²) in [7, 11) is 0. The average molecular weight is 188 g/mol. The fraction of sp³-hybridized carbons (Fsp3) is 0.667. The lowest BCUT2D eigenvalue weighted by Crippen LogP contribution is -2.29. The number of carbonyl (C=O) groups is 1. The summed E-state index contributed by atoms with van der Waals surface area (Å²) in [6.07, 6.45) is -0.162. The van der Waals surface area contributed by atoms with Crippen LogP contribution in [0.15, 0.2) is 12.7 Å². The molecule has 0 amide bonds. The van der Waals surface area contributed by atoms with Crippen molar-refractivity contribution in [3.63, 3.8) is 0 Å². The zero-order valence-electron chi connectivity index (χ0n) is 7.75. The van der Waals surface area contributed by atoms with Crippen molar-refractivity contribution in [2.45, 2.75) is 38.3 Å². The number of hydrogen-bond donors (Lipinski definition) is 0. The summed E-state index contributed by atoms with van der Waals surface area (Å²) in [6.45, 7) is 6.70. The smallest absolute Gasteiger partial charge is 0.330 e. The number of alkyl halides is 1. The lowest BCUT2D eigenvalue weighted by molar-refractivity contribution is -0.150. The van der Waals surface area contributed by atoms with E-state index in [4.69, 9.17) is 4.74 Å². The van der Waals surface area contributed by atoms with Crippen molar-refractivity contribution in [2.24, 2.45) is 0 Å². The maximum Gasteiger partial charge on any atom is 0.330 e. The van der Waals surface area contributed by atoms with Crippen molar-refractivity contribution in [3.05, 3.63) is 12.7 Å². The first-order valence-electron chi connectivity index (χ1n) is 4.09. The third-order valence-corrected chi connectivity index (χ3v) is 1.76. The van der Waals surface area contributed by atoms with Gasteiger partial charge in [0.25, 0.3) is 0 Å². The molecule has 1 fully saturated rings. The summed E-state index contributed by atoms with van der Waals surface area (Å²) in [4.78, 5) is 10.8. The van der Waals surface area contributed by atoms with Crippen LogP contribution < -0.4 is 0 Å². The van der Waals surface area contributed by atoms with Gasteiger partial charge in [-0.25, -0.2) is 9.18 Å². The summed E-state index contributed by atoms with van der Waals surface area (Å²) in [5.41, 5.74) is -0.698. The standard InChI is InChI=1S/C9H13FO3/c1-4-7(11)13-9(2,3)5-6-8(10)12-6/h4,6,8H,1,5H2,2-3H3. The number of hydrogen-bond acceptors (Lipinski definition) is 3. The Morgan fingerprint density at radius 1 is 1.77 bits per heavy atom. The highest BCUT2D eigenvalue weighted by atomic mass is 19.2. The minimum Gasteiger partial charge on any atom is -0.456 e. The molecule has 0 spiro atoms. The van der Waals surface area contributed by atoms with E-state index >= 15 is 0 Å². The van der Waals surface area contributed by atoms with Gasteiger partial charge in [-0.05, 0) is 13.8 Å². The summed E-state index contributed by atoms with van der Waals surface area (Å²) in [6, 6.07) is 0. The number of ether oxygens (including phenoxy) is 2. The van der Waals surface area contributed by atoms with Crippen LogP contribution in [0.4, 0.5) is 4.39 Å². The van der Waals surface area contributed by atoms with Gasteiger partial charge in [0, 0.05) is 12.5 Å². The molecule has 0 saturated carbocycles. The Kier molecular flexibility index (Phi) is 2.71. The van der Waals surface area contributed by atoms with Gasteiger partial charge in [0.05, 0.1) is 0 Å². The first-order chi connectivity index (χ1) is 5.94. The summed E-state index contributed by atoms with van der Waals surface area (Å²) in [5, 5.41) is 0. The molecule has 74 valence electrons. The Morgan fingerprint density at radius 3 is 2.69 bits per heavy atom. The molecule has 1 aliphatic heterocycles. The topological polar surface area (TPSA) is 38.8 Å². The second kappa shape index (κ2) is 3.46. The second-order valence-corrected chi connectivity index (χ2v) is 3.61. The molecule has 0 aromatic carbocycles. The predicted octanol–water partition coefficient (Wildman–Crippen LogP) is 1.58. The van der Waals surface area contributed by atoms with E-state index < -0.39 is 24.0 Å². The molecular weight excluding hydrogens is 175 g/mol. The Morgan fingerprint density at radius 2 is 2.31 bits per heavy atom. The van der Waals surface area contributed by atoms with Crippen LogP contribution in [0.25, 0.3) is 0 Å². The van der Waals surface area contributed by atoms with Gasteiger partial charge in [0.2, 0.25) is 6.36 Å². The minimum atomic E-state index is -1.19. The molecule has 0 aromatic heterocycles. The van der Waals surface area contributed by atoms with E-state index in [9.17, 15) is 9.18 Å². The van der Waals surface area contributed by atoms with Gasteiger partial charge in [0.15, 0.2) is 0 Å². The summed E-state index contributed by atoms with van der Waals surface area (Å²) < 4.78 is 21.9. The van der Waals surface area contributed by atoms with Gasteiger partial charge in [-0.2, -0.15) is 0 Å². The summed E-state index contributed by atoms with van der Waals surface area (Å²) in [5.74, 6) is -0.499. The molecule has 0 aliphatic carbocycles. The number of carbonyl (C=O) groups excluding carboxylic acids is 1. The molecule has 0 aromatic rings. The second-order valence-electron chi connectivity index (χ2n) is 3.61. The Balaban J connectivity index is 2.36. The lowest BCUT2D eigenvalue weighted by Gasteiger charge is -2.23. The van der Waals surface area contributed by atoms with E-state index in [2.05, 4.69) is 11.3 Å². The summed E-state index contributed by atoms with van der Waals surface area (Å²) >= 11 is 0. The molecule has 13 heavy (non-hydrogen) atoms. The van der Waals surface area contributed by atoms with Crippen LogP contribution in [0.1, 0.15) is 20.3 Å². The van der Waals surface area contributed by atoms with E-state index in [1.807, 2.05) is 0 Å². The van der Waals surface area contributed by atoms with Gasteiger partial charge in [-0.1, -0.05) is 6.58 Å². The largest absolute Gasteiger partial charge is 0.456 e. The molecule has 1 aliphatic rings. The first kappa shape index (κ1) is 10.2. The monoisotopic (exact) mass is 188 g/mol. The van der Waals surface area contributed by atoms with Crippen molar-refractivity contribution in [1.82, 2.24) is 0 Å². The van der Waals surface area contributed by atoms with Crippen LogP contribution in [0.3, 0.4) is 0 Å². The SMILES string of the molecule is C=CC(=O)OC(C)(C)CC1OC1F. The fourth-order valence-corrected chi connectivity index (χ4v) is 1.10. The van der Waals surface area contributed by atoms with Gasteiger partial charge >= 0.3 is 5.97 Å². The zero-order chi connectivity index (χ0) is 10.1. The molecule has 2 atom stereocenters. The van der Waals surface area contributed by atoms with Gasteiger partial charge in [-0.15, -0.1) is 0 Å². The quantitative estimate of drug-likeness (QED) is 0.382. The third-order valence-electron chi connectivity index (χ3n) is 1.76. The van der Waals surface area contributed by atoms with Crippen molar-refractivity contribution >= 4 is 5.97 Å². The molecule has 2 unspecified atom stereocenters. The molecule has 0 bridgehead atoms. The van der Waals surface area contributed by atoms with Gasteiger partial charge in [0.1, 0.15) is 11.7 Å². The van der Waals surface area contributed by atoms with Crippen LogP contribution >= 0.6 is 0 Å². The molecule has 0 radical (unpaired) electrons. The Labute approximate surface area is 76.5 Å². The van der Waals surface area contributed by atoms with Crippen molar-refractivity contribution in [3.8, 4) is 0 Å². The number of esters is 1. The van der Waals surface area contributed by atoms with Crippen LogP contribution in [-0.4, -0.2) is 24.0 Å². The highest BCUT2D eigenvalue weighted by molar-refractivity contribution is 5.81. The van der Waals surface area contributed by atoms with E-state index in [0.29, 0.717) is 6.42 Å². The molecule has 1 heterocycles. The van der Waals surface area contributed by atoms with Crippen LogP contribution in [0.2, 0.25) is 0 Å². The van der Waals surface area contributed by atoms with Gasteiger partial charge in [-0.3, -0.25) is 0 Å².